The van der Waals surface area contributed by atoms with Crippen LogP contribution in [-0.2, 0) is 9.84 Å². The van der Waals surface area contributed by atoms with Gasteiger partial charge in [-0.2, -0.15) is 0 Å². The van der Waals surface area contributed by atoms with Crippen molar-refractivity contribution in [3.05, 3.63) is 60.2 Å². The van der Waals surface area contributed by atoms with E-state index in [2.05, 4.69) is 5.32 Å². The molecule has 0 aliphatic carbocycles. The molecule has 1 aliphatic rings. The molecule has 1 N–H and O–H groups in total. The molecule has 114 valence electrons. The number of hydrogen-bond acceptors (Lipinski definition) is 3. The maximum Gasteiger partial charge on any atom is 0.322 e. The van der Waals surface area contributed by atoms with Crippen molar-refractivity contribution in [2.24, 2.45) is 0 Å². The summed E-state index contributed by atoms with van der Waals surface area (Å²) in [5.74, 6) is 0. The van der Waals surface area contributed by atoms with Crippen LogP contribution >= 0.6 is 0 Å². The summed E-state index contributed by atoms with van der Waals surface area (Å²) >= 11 is 0. The van der Waals surface area contributed by atoms with Crippen molar-refractivity contribution in [1.29, 1.82) is 0 Å². The highest BCUT2D eigenvalue weighted by Crippen LogP contribution is 2.26. The number of hydrogen-bond donors (Lipinski definition) is 1. The highest BCUT2D eigenvalue weighted by Gasteiger charge is 2.30. The van der Waals surface area contributed by atoms with E-state index in [1.54, 1.807) is 17.0 Å². The van der Waals surface area contributed by atoms with Gasteiger partial charge in [-0.25, -0.2) is 13.2 Å². The third-order valence-corrected chi connectivity index (χ3v) is 4.81. The molecule has 6 heteroatoms. The fourth-order valence-corrected chi connectivity index (χ4v) is 3.14. The Labute approximate surface area is 129 Å². The number of carbonyl (C=O) groups excluding carboxylic acids is 1. The van der Waals surface area contributed by atoms with Crippen LogP contribution in [0.2, 0.25) is 0 Å². The molecule has 0 bridgehead atoms. The predicted octanol–water partition coefficient (Wildman–Crippen LogP) is 2.36. The summed E-state index contributed by atoms with van der Waals surface area (Å²) < 4.78 is 22.9. The lowest BCUT2D eigenvalue weighted by atomic mass is 10.1. The van der Waals surface area contributed by atoms with Crippen LogP contribution in [-0.4, -0.2) is 27.2 Å². The minimum absolute atomic E-state index is 0.0664. The number of nitrogens with one attached hydrogen (secondary N) is 1. The summed E-state index contributed by atoms with van der Waals surface area (Å²) in [7, 11) is -3.23. The normalized spacial score (nSPS) is 18.3. The average Bonchev–Trinajstić information content (AvgIpc) is 2.89. The van der Waals surface area contributed by atoms with Gasteiger partial charge in [-0.1, -0.05) is 30.3 Å². The summed E-state index contributed by atoms with van der Waals surface area (Å²) in [6.07, 6.45) is 1.16. The van der Waals surface area contributed by atoms with Crippen LogP contribution < -0.4 is 10.2 Å². The molecule has 2 aromatic carbocycles. The van der Waals surface area contributed by atoms with Gasteiger partial charge in [-0.15, -0.1) is 0 Å². The molecule has 1 aliphatic heterocycles. The summed E-state index contributed by atoms with van der Waals surface area (Å²) in [5, 5.41) is 2.93. The second kappa shape index (κ2) is 5.46. The topological polar surface area (TPSA) is 66.5 Å². The van der Waals surface area contributed by atoms with Crippen LogP contribution in [0.15, 0.2) is 59.5 Å². The number of rotatable bonds is 3. The molecule has 0 unspecified atom stereocenters. The van der Waals surface area contributed by atoms with Crippen LogP contribution in [0.25, 0.3) is 0 Å². The van der Waals surface area contributed by atoms with E-state index in [4.69, 9.17) is 0 Å². The lowest BCUT2D eigenvalue weighted by molar-refractivity contribution is 0.251. The number of urea groups is 1. The molecule has 0 radical (unpaired) electrons. The van der Waals surface area contributed by atoms with Crippen molar-refractivity contribution >= 4 is 21.6 Å². The Morgan fingerprint density at radius 1 is 1.05 bits per heavy atom. The Kier molecular flexibility index (Phi) is 3.62. The first-order chi connectivity index (χ1) is 10.4. The van der Waals surface area contributed by atoms with Gasteiger partial charge in [0.2, 0.25) is 0 Å². The van der Waals surface area contributed by atoms with Gasteiger partial charge in [-0.05, 0) is 29.8 Å². The van der Waals surface area contributed by atoms with Gasteiger partial charge >= 0.3 is 6.03 Å². The smallest absolute Gasteiger partial charge is 0.322 e. The SMILES string of the molecule is CS(=O)(=O)c1ccc(N2C[C@@H](c3ccccc3)NC2=O)cc1. The van der Waals surface area contributed by atoms with Crippen molar-refractivity contribution in [2.75, 3.05) is 17.7 Å². The largest absolute Gasteiger partial charge is 0.329 e. The minimum atomic E-state index is -3.23. The Morgan fingerprint density at radius 3 is 2.27 bits per heavy atom. The zero-order valence-corrected chi connectivity index (χ0v) is 12.9. The summed E-state index contributed by atoms with van der Waals surface area (Å²) in [6, 6.07) is 15.9. The molecule has 22 heavy (non-hydrogen) atoms. The zero-order chi connectivity index (χ0) is 15.7. The van der Waals surface area contributed by atoms with Crippen molar-refractivity contribution in [3.63, 3.8) is 0 Å². The van der Waals surface area contributed by atoms with Crippen molar-refractivity contribution in [2.45, 2.75) is 10.9 Å². The Bertz CT molecular complexity index is 786. The number of nitrogens with zero attached hydrogens (tertiary/aromatic N) is 1. The first-order valence-electron chi connectivity index (χ1n) is 6.88. The molecule has 3 rings (SSSR count). The number of sulfone groups is 1. The fraction of sp³-hybridized carbons (Fsp3) is 0.188. The average molecular weight is 316 g/mol. The highest BCUT2D eigenvalue weighted by atomic mass is 32.2. The molecular formula is C16H16N2O3S. The molecule has 1 fully saturated rings. The number of benzene rings is 2. The van der Waals surface area contributed by atoms with E-state index >= 15 is 0 Å². The van der Waals surface area contributed by atoms with Gasteiger partial charge in [0.25, 0.3) is 0 Å². The van der Waals surface area contributed by atoms with Gasteiger partial charge in [-0.3, -0.25) is 4.90 Å². The molecule has 5 nitrogen and oxygen atoms in total. The third-order valence-electron chi connectivity index (χ3n) is 3.69. The lowest BCUT2D eigenvalue weighted by Crippen LogP contribution is -2.27. The molecule has 1 saturated heterocycles. The highest BCUT2D eigenvalue weighted by molar-refractivity contribution is 7.90. The maximum absolute atomic E-state index is 12.1. The summed E-state index contributed by atoms with van der Waals surface area (Å²) in [4.78, 5) is 14.0. The van der Waals surface area contributed by atoms with Crippen molar-refractivity contribution < 1.29 is 13.2 Å². The van der Waals surface area contributed by atoms with Crippen LogP contribution in [0, 0.1) is 0 Å². The Balaban J connectivity index is 1.82. The quantitative estimate of drug-likeness (QED) is 0.945. The molecule has 0 spiro atoms. The Hall–Kier alpha value is -2.34. The third kappa shape index (κ3) is 2.82. The first-order valence-corrected chi connectivity index (χ1v) is 8.77. The molecule has 2 aromatic rings. The van der Waals surface area contributed by atoms with E-state index in [1.165, 1.54) is 12.1 Å². The standard InChI is InChI=1S/C16H16N2O3S/c1-22(20,21)14-9-7-13(8-10-14)18-11-15(17-16(18)19)12-5-3-2-4-6-12/h2-10,15H,11H2,1H3,(H,17,19)/t15-/m0/s1. The maximum atomic E-state index is 12.1. The van der Waals surface area contributed by atoms with Gasteiger partial charge in [0.15, 0.2) is 9.84 Å². The van der Waals surface area contributed by atoms with Gasteiger partial charge in [0, 0.05) is 11.9 Å². The second-order valence-corrected chi connectivity index (χ2v) is 7.31. The molecule has 2 amide bonds. The van der Waals surface area contributed by atoms with Gasteiger partial charge in [0.05, 0.1) is 17.5 Å². The van der Waals surface area contributed by atoms with E-state index in [0.29, 0.717) is 12.2 Å². The monoisotopic (exact) mass is 316 g/mol. The lowest BCUT2D eigenvalue weighted by Gasteiger charge is -2.15. The van der Waals surface area contributed by atoms with Crippen LogP contribution in [0.1, 0.15) is 11.6 Å². The van der Waals surface area contributed by atoms with Crippen molar-refractivity contribution in [1.82, 2.24) is 5.32 Å². The molecule has 0 aromatic heterocycles. The van der Waals surface area contributed by atoms with Crippen LogP contribution in [0.4, 0.5) is 10.5 Å². The van der Waals surface area contributed by atoms with E-state index in [0.717, 1.165) is 11.8 Å². The van der Waals surface area contributed by atoms with Gasteiger partial charge < -0.3 is 5.32 Å². The fourth-order valence-electron chi connectivity index (χ4n) is 2.51. The zero-order valence-electron chi connectivity index (χ0n) is 12.1. The van der Waals surface area contributed by atoms with Crippen LogP contribution in [0.5, 0.6) is 0 Å². The first kappa shape index (κ1) is 14.6. The van der Waals surface area contributed by atoms with E-state index in [-0.39, 0.29) is 17.0 Å². The van der Waals surface area contributed by atoms with Gasteiger partial charge in [0.1, 0.15) is 0 Å². The summed E-state index contributed by atoms with van der Waals surface area (Å²) in [5.41, 5.74) is 1.73. The molecular weight excluding hydrogens is 300 g/mol. The molecule has 1 atom stereocenters. The van der Waals surface area contributed by atoms with Crippen molar-refractivity contribution in [3.8, 4) is 0 Å². The minimum Gasteiger partial charge on any atom is -0.329 e. The number of amides is 2. The van der Waals surface area contributed by atoms with E-state index in [1.807, 2.05) is 30.3 Å². The number of anilines is 1. The van der Waals surface area contributed by atoms with E-state index in [9.17, 15) is 13.2 Å². The Morgan fingerprint density at radius 2 is 1.68 bits per heavy atom. The van der Waals surface area contributed by atoms with E-state index < -0.39 is 9.84 Å². The number of carbonyl (C=O) groups is 1. The predicted molar refractivity (Wildman–Crippen MR) is 84.6 cm³/mol. The summed E-state index contributed by atoms with van der Waals surface area (Å²) in [6.45, 7) is 0.515. The second-order valence-electron chi connectivity index (χ2n) is 5.29. The van der Waals surface area contributed by atoms with Crippen LogP contribution in [0.3, 0.4) is 0 Å². The molecule has 1 heterocycles. The molecule has 0 saturated carbocycles.